The van der Waals surface area contributed by atoms with Crippen LogP contribution in [0, 0.1) is 11.2 Å². The molecule has 2 aliphatic heterocycles. The van der Waals surface area contributed by atoms with Crippen LogP contribution in [-0.4, -0.2) is 61.8 Å². The summed E-state index contributed by atoms with van der Waals surface area (Å²) in [5.74, 6) is -1.36. The van der Waals surface area contributed by atoms with E-state index in [1.54, 1.807) is 27.7 Å². The highest BCUT2D eigenvalue weighted by molar-refractivity contribution is 6.22. The number of urea groups is 1. The van der Waals surface area contributed by atoms with E-state index in [4.69, 9.17) is 4.74 Å². The molecule has 0 unspecified atom stereocenters. The van der Waals surface area contributed by atoms with Gasteiger partial charge in [0.15, 0.2) is 0 Å². The summed E-state index contributed by atoms with van der Waals surface area (Å²) in [6, 6.07) is 3.13. The lowest BCUT2D eigenvalue weighted by Gasteiger charge is -2.39. The van der Waals surface area contributed by atoms with E-state index >= 15 is 4.39 Å². The highest BCUT2D eigenvalue weighted by Crippen LogP contribution is 2.42. The number of rotatable bonds is 5. The molecule has 1 saturated heterocycles. The largest absolute Gasteiger partial charge is 0.469 e. The number of nitrogens with one attached hydrogen (secondary N) is 1. The number of esters is 1. The van der Waals surface area contributed by atoms with Crippen molar-refractivity contribution >= 4 is 23.6 Å². The van der Waals surface area contributed by atoms with Gasteiger partial charge in [-0.05, 0) is 58.2 Å². The monoisotopic (exact) mass is 451 g/mol. The van der Waals surface area contributed by atoms with Gasteiger partial charge in [-0.15, -0.1) is 0 Å². The number of hydrogen-bond acceptors (Lipinski definition) is 5. The number of imide groups is 1. The molecular weight excluding hydrogens is 420 g/mol. The first-order valence-electron chi connectivity index (χ1n) is 10.7. The molecule has 0 bridgehead atoms. The smallest absolute Gasteiger partial charge is 0.328 e. The summed E-state index contributed by atoms with van der Waals surface area (Å²) in [7, 11) is 1.34. The minimum atomic E-state index is -1.63. The molecule has 1 aromatic rings. The number of likely N-dealkylation sites (tertiary alicyclic amines) is 1. The zero-order valence-electron chi connectivity index (χ0n) is 19.3. The number of halogens is 2. The average Bonchev–Trinajstić information content (AvgIpc) is 2.92. The number of anilines is 1. The molecule has 1 N–H and O–H groups in total. The van der Waals surface area contributed by atoms with Crippen molar-refractivity contribution in [1.82, 2.24) is 10.2 Å². The second-order valence-electron chi connectivity index (χ2n) is 9.89. The normalized spacial score (nSPS) is 20.1. The summed E-state index contributed by atoms with van der Waals surface area (Å²) in [6.45, 7) is 7.95. The van der Waals surface area contributed by atoms with E-state index < -0.39 is 34.3 Å². The number of fused-ring (bicyclic) bond motifs is 1. The third-order valence-electron chi connectivity index (χ3n) is 6.48. The lowest BCUT2D eigenvalue weighted by molar-refractivity contribution is -0.152. The van der Waals surface area contributed by atoms with Crippen molar-refractivity contribution in [3.05, 3.63) is 29.6 Å². The number of benzene rings is 1. The first kappa shape index (κ1) is 24.1. The van der Waals surface area contributed by atoms with Crippen LogP contribution in [0.1, 0.15) is 46.1 Å². The number of alkyl halides is 1. The fraction of sp³-hybridized carbons (Fsp3) is 0.609. The molecule has 3 rings (SSSR count). The SMILES string of the molecule is COC(=O)C(C)(C)CN1CCC(F)(CNC(=O)N2C(=O)C(C)(C)c3ccc(F)cc32)CC1. The van der Waals surface area contributed by atoms with E-state index in [1.165, 1.54) is 19.2 Å². The van der Waals surface area contributed by atoms with Crippen molar-refractivity contribution < 1.29 is 27.9 Å². The van der Waals surface area contributed by atoms with Gasteiger partial charge in [-0.2, -0.15) is 0 Å². The molecule has 176 valence electrons. The summed E-state index contributed by atoms with van der Waals surface area (Å²) >= 11 is 0. The van der Waals surface area contributed by atoms with E-state index in [2.05, 4.69) is 5.32 Å². The Labute approximate surface area is 187 Å². The standard InChI is InChI=1S/C23H31F2N3O4/c1-21(2,19(30)32-5)14-27-10-8-23(25,9-11-27)13-26-20(31)28-17-12-15(24)6-7-16(17)22(3,4)18(28)29/h6-7,12H,8-11,13-14H2,1-5H3,(H,26,31). The van der Waals surface area contributed by atoms with E-state index in [9.17, 15) is 18.8 Å². The van der Waals surface area contributed by atoms with Crippen LogP contribution in [0.5, 0.6) is 0 Å². The van der Waals surface area contributed by atoms with Gasteiger partial charge in [0.1, 0.15) is 11.5 Å². The van der Waals surface area contributed by atoms with E-state index in [1.807, 2.05) is 4.90 Å². The number of nitrogens with zero attached hydrogens (tertiary/aromatic N) is 2. The predicted octanol–water partition coefficient (Wildman–Crippen LogP) is 3.16. The number of methoxy groups -OCH3 is 1. The van der Waals surface area contributed by atoms with Crippen LogP contribution in [0.3, 0.4) is 0 Å². The van der Waals surface area contributed by atoms with E-state index in [-0.39, 0.29) is 31.0 Å². The number of carbonyl (C=O) groups excluding carboxylic acids is 3. The number of hydrogen-bond donors (Lipinski definition) is 1. The Morgan fingerprint density at radius 3 is 2.44 bits per heavy atom. The van der Waals surface area contributed by atoms with Crippen molar-refractivity contribution in [3.63, 3.8) is 0 Å². The molecule has 3 amide bonds. The molecule has 0 radical (unpaired) electrons. The molecule has 32 heavy (non-hydrogen) atoms. The van der Waals surface area contributed by atoms with Crippen LogP contribution in [0.15, 0.2) is 18.2 Å². The van der Waals surface area contributed by atoms with Gasteiger partial charge in [-0.3, -0.25) is 9.59 Å². The van der Waals surface area contributed by atoms with Crippen molar-refractivity contribution in [3.8, 4) is 0 Å². The summed E-state index contributed by atoms with van der Waals surface area (Å²) in [5.41, 5.74) is -2.58. The van der Waals surface area contributed by atoms with Gasteiger partial charge in [0.25, 0.3) is 0 Å². The Balaban J connectivity index is 1.61. The van der Waals surface area contributed by atoms with E-state index in [0.717, 1.165) is 11.0 Å². The van der Waals surface area contributed by atoms with Crippen LogP contribution < -0.4 is 10.2 Å². The highest BCUT2D eigenvalue weighted by Gasteiger charge is 2.47. The molecule has 0 aromatic heterocycles. The van der Waals surface area contributed by atoms with Crippen LogP contribution in [0.2, 0.25) is 0 Å². The van der Waals surface area contributed by atoms with Gasteiger partial charge in [0.2, 0.25) is 5.91 Å². The Morgan fingerprint density at radius 1 is 1.22 bits per heavy atom. The minimum Gasteiger partial charge on any atom is -0.469 e. The number of carbonyl (C=O) groups is 3. The number of ether oxygens (including phenoxy) is 1. The first-order valence-corrected chi connectivity index (χ1v) is 10.7. The van der Waals surface area contributed by atoms with Crippen LogP contribution in [0.25, 0.3) is 0 Å². The molecular formula is C23H31F2N3O4. The first-order chi connectivity index (χ1) is 14.8. The Morgan fingerprint density at radius 2 is 1.84 bits per heavy atom. The second kappa shape index (κ2) is 8.42. The minimum absolute atomic E-state index is 0.176. The van der Waals surface area contributed by atoms with Crippen molar-refractivity contribution in [2.45, 2.75) is 51.6 Å². The highest BCUT2D eigenvalue weighted by atomic mass is 19.1. The van der Waals surface area contributed by atoms with Gasteiger partial charge < -0.3 is 15.0 Å². The molecule has 1 aromatic carbocycles. The number of piperidine rings is 1. The molecule has 0 aliphatic carbocycles. The van der Waals surface area contributed by atoms with Crippen LogP contribution >= 0.6 is 0 Å². The maximum Gasteiger partial charge on any atom is 0.328 e. The molecule has 2 aliphatic rings. The number of amides is 3. The predicted molar refractivity (Wildman–Crippen MR) is 116 cm³/mol. The summed E-state index contributed by atoms with van der Waals surface area (Å²) in [6.07, 6.45) is 0.352. The quantitative estimate of drug-likeness (QED) is 0.696. The zero-order valence-corrected chi connectivity index (χ0v) is 19.3. The lowest BCUT2D eigenvalue weighted by Crippen LogP contribution is -2.53. The third-order valence-corrected chi connectivity index (χ3v) is 6.48. The van der Waals surface area contributed by atoms with Gasteiger partial charge in [0.05, 0.1) is 30.2 Å². The molecule has 9 heteroatoms. The maximum atomic E-state index is 15.4. The topological polar surface area (TPSA) is 79.0 Å². The molecule has 0 saturated carbocycles. The van der Waals surface area contributed by atoms with Gasteiger partial charge in [-0.1, -0.05) is 6.07 Å². The Kier molecular flexibility index (Phi) is 6.34. The Bertz CT molecular complexity index is 924. The van der Waals surface area contributed by atoms with Gasteiger partial charge in [0, 0.05) is 19.6 Å². The molecule has 0 atom stereocenters. The maximum absolute atomic E-state index is 15.4. The van der Waals surface area contributed by atoms with Crippen LogP contribution in [0.4, 0.5) is 19.3 Å². The van der Waals surface area contributed by atoms with E-state index in [0.29, 0.717) is 25.2 Å². The Hall–Kier alpha value is -2.55. The van der Waals surface area contributed by atoms with Crippen molar-refractivity contribution in [2.24, 2.45) is 5.41 Å². The average molecular weight is 452 g/mol. The van der Waals surface area contributed by atoms with Crippen molar-refractivity contribution in [2.75, 3.05) is 38.2 Å². The molecule has 0 spiro atoms. The van der Waals surface area contributed by atoms with Gasteiger partial charge >= 0.3 is 12.0 Å². The second-order valence-corrected chi connectivity index (χ2v) is 9.89. The van der Waals surface area contributed by atoms with Crippen LogP contribution in [-0.2, 0) is 19.7 Å². The molecule has 2 heterocycles. The molecule has 7 nitrogen and oxygen atoms in total. The summed E-state index contributed by atoms with van der Waals surface area (Å²) in [5, 5.41) is 2.53. The fourth-order valence-electron chi connectivity index (χ4n) is 4.43. The van der Waals surface area contributed by atoms with Gasteiger partial charge in [-0.25, -0.2) is 18.5 Å². The fourth-order valence-corrected chi connectivity index (χ4v) is 4.43. The molecule has 1 fully saturated rings. The lowest BCUT2D eigenvalue weighted by atomic mass is 9.86. The zero-order chi connectivity index (χ0) is 23.9. The third kappa shape index (κ3) is 4.48. The summed E-state index contributed by atoms with van der Waals surface area (Å²) < 4.78 is 34.0. The summed E-state index contributed by atoms with van der Waals surface area (Å²) in [4.78, 5) is 40.4. The van der Waals surface area contributed by atoms with Crippen molar-refractivity contribution in [1.29, 1.82) is 0 Å².